The molecule has 0 aromatic carbocycles. The molecule has 0 radical (unpaired) electrons. The summed E-state index contributed by atoms with van der Waals surface area (Å²) in [6, 6.07) is -1.19. The highest BCUT2D eigenvalue weighted by Gasteiger charge is 2.33. The lowest BCUT2D eigenvalue weighted by molar-refractivity contribution is -0.278. The van der Waals surface area contributed by atoms with Gasteiger partial charge in [-0.05, 0) is 0 Å². The minimum atomic E-state index is -5.07. The molecule has 8 heteroatoms. The first-order valence-corrected chi connectivity index (χ1v) is 2.82. The number of aromatic nitrogens is 2. The zero-order chi connectivity index (χ0) is 10.1. The molecule has 0 aliphatic rings. The van der Waals surface area contributed by atoms with Crippen LogP contribution in [0.1, 0.15) is 0 Å². The van der Waals surface area contributed by atoms with E-state index in [1.807, 2.05) is 0 Å². The van der Waals surface area contributed by atoms with Gasteiger partial charge >= 0.3 is 12.4 Å². The molecule has 72 valence electrons. The van der Waals surface area contributed by atoms with Crippen LogP contribution >= 0.6 is 0 Å². The summed E-state index contributed by atoms with van der Waals surface area (Å²) < 4.78 is 61.8. The van der Waals surface area contributed by atoms with Gasteiger partial charge in [0.15, 0.2) is 0 Å². The van der Waals surface area contributed by atoms with Gasteiger partial charge in [-0.2, -0.15) is 18.7 Å². The van der Waals surface area contributed by atoms with Crippen molar-refractivity contribution in [1.29, 1.82) is 0 Å². The van der Waals surface area contributed by atoms with Gasteiger partial charge in [0.05, 0.1) is 0 Å². The van der Waals surface area contributed by atoms with Crippen LogP contribution in [0.3, 0.4) is 0 Å². The fourth-order valence-electron chi connectivity index (χ4n) is 0.520. The van der Waals surface area contributed by atoms with Gasteiger partial charge in [-0.3, -0.25) is 0 Å². The Kier molecular flexibility index (Phi) is 2.30. The number of alkyl halides is 3. The van der Waals surface area contributed by atoms with Crippen LogP contribution < -0.4 is 4.74 Å². The van der Waals surface area contributed by atoms with Gasteiger partial charge in [0.25, 0.3) is 0 Å². The van der Waals surface area contributed by atoms with Gasteiger partial charge in [0, 0.05) is 6.07 Å². The molecule has 1 rings (SSSR count). The monoisotopic (exact) mass is 200 g/mol. The van der Waals surface area contributed by atoms with E-state index in [-0.39, 0.29) is 6.07 Å². The zero-order valence-corrected chi connectivity index (χ0v) is 5.77. The van der Waals surface area contributed by atoms with Crippen molar-refractivity contribution >= 4 is 0 Å². The second-order valence-electron chi connectivity index (χ2n) is 1.84. The highest BCUT2D eigenvalue weighted by molar-refractivity contribution is 4.97. The average molecular weight is 200 g/mol. The zero-order valence-electron chi connectivity index (χ0n) is 5.77. The van der Waals surface area contributed by atoms with Gasteiger partial charge in [0.1, 0.15) is 0 Å². The Morgan fingerprint density at radius 2 is 1.54 bits per heavy atom. The van der Waals surface area contributed by atoms with E-state index in [1.165, 1.54) is 0 Å². The number of halogens is 5. The second-order valence-corrected chi connectivity index (χ2v) is 1.84. The Bertz CT molecular complexity index is 292. The Morgan fingerprint density at radius 1 is 1.08 bits per heavy atom. The molecule has 0 amide bonds. The van der Waals surface area contributed by atoms with Crippen LogP contribution in [0.25, 0.3) is 0 Å². The van der Waals surface area contributed by atoms with Crippen molar-refractivity contribution in [2.24, 2.45) is 0 Å². The van der Waals surface area contributed by atoms with Crippen LogP contribution in [-0.4, -0.2) is 16.3 Å². The minimum absolute atomic E-state index is 0.225. The lowest BCUT2D eigenvalue weighted by Gasteiger charge is -2.05. The topological polar surface area (TPSA) is 35.0 Å². The van der Waals surface area contributed by atoms with Crippen LogP contribution in [0, 0.1) is 11.9 Å². The first-order chi connectivity index (χ1) is 5.87. The van der Waals surface area contributed by atoms with Crippen molar-refractivity contribution in [1.82, 2.24) is 9.97 Å². The molecule has 0 aliphatic carbocycles. The Labute approximate surface area is 68.2 Å². The first-order valence-electron chi connectivity index (χ1n) is 2.82. The summed E-state index contributed by atoms with van der Waals surface area (Å²) in [6.45, 7) is 0. The van der Waals surface area contributed by atoms with Crippen molar-refractivity contribution in [2.75, 3.05) is 0 Å². The quantitative estimate of drug-likeness (QED) is 0.510. The molecule has 1 heterocycles. The summed E-state index contributed by atoms with van der Waals surface area (Å²) in [6.07, 6.45) is -5.07. The van der Waals surface area contributed by atoms with E-state index >= 15 is 0 Å². The molecule has 0 saturated heterocycles. The van der Waals surface area contributed by atoms with Crippen LogP contribution in [0.5, 0.6) is 6.01 Å². The van der Waals surface area contributed by atoms with E-state index in [0.717, 1.165) is 0 Å². The molecule has 0 atom stereocenters. The number of ether oxygens (including phenoxy) is 1. The van der Waals surface area contributed by atoms with Crippen LogP contribution in [0.15, 0.2) is 6.07 Å². The third kappa shape index (κ3) is 3.18. The molecule has 0 fully saturated rings. The van der Waals surface area contributed by atoms with E-state index in [2.05, 4.69) is 14.7 Å². The SMILES string of the molecule is Fc1cc(F)nc(OC(F)(F)F)n1. The normalized spacial score (nSPS) is 11.5. The lowest BCUT2D eigenvalue weighted by Crippen LogP contribution is -2.19. The summed E-state index contributed by atoms with van der Waals surface area (Å²) in [5.74, 6) is -2.88. The molecule has 0 bridgehead atoms. The van der Waals surface area contributed by atoms with Crippen LogP contribution in [0.4, 0.5) is 22.0 Å². The van der Waals surface area contributed by atoms with E-state index in [4.69, 9.17) is 0 Å². The Hall–Kier alpha value is -1.47. The fraction of sp³-hybridized carbons (Fsp3) is 0.200. The van der Waals surface area contributed by atoms with Gasteiger partial charge < -0.3 is 4.74 Å². The van der Waals surface area contributed by atoms with Gasteiger partial charge in [-0.25, -0.2) is 0 Å². The van der Waals surface area contributed by atoms with E-state index in [1.54, 1.807) is 0 Å². The molecule has 0 spiro atoms. The fourth-order valence-corrected chi connectivity index (χ4v) is 0.520. The molecule has 0 unspecified atom stereocenters. The number of rotatable bonds is 1. The van der Waals surface area contributed by atoms with Gasteiger partial charge in [-0.15, -0.1) is 13.2 Å². The van der Waals surface area contributed by atoms with Crippen molar-refractivity contribution in [3.63, 3.8) is 0 Å². The third-order valence-corrected chi connectivity index (χ3v) is 0.850. The molecule has 0 saturated carbocycles. The molecule has 13 heavy (non-hydrogen) atoms. The van der Waals surface area contributed by atoms with E-state index < -0.39 is 24.3 Å². The molecule has 1 aromatic rings. The lowest BCUT2D eigenvalue weighted by atomic mass is 10.6. The maximum absolute atomic E-state index is 12.2. The largest absolute Gasteiger partial charge is 0.575 e. The number of nitrogens with zero attached hydrogens (tertiary/aromatic N) is 2. The smallest absolute Gasteiger partial charge is 0.370 e. The summed E-state index contributed by atoms with van der Waals surface area (Å²) in [5, 5.41) is 0. The van der Waals surface area contributed by atoms with Gasteiger partial charge in [-0.1, -0.05) is 0 Å². The highest BCUT2D eigenvalue weighted by Crippen LogP contribution is 2.19. The predicted octanol–water partition coefficient (Wildman–Crippen LogP) is 1.65. The number of hydrogen-bond acceptors (Lipinski definition) is 3. The van der Waals surface area contributed by atoms with E-state index in [0.29, 0.717) is 0 Å². The van der Waals surface area contributed by atoms with Crippen molar-refractivity contribution < 1.29 is 26.7 Å². The second kappa shape index (κ2) is 3.11. The Morgan fingerprint density at radius 3 is 1.92 bits per heavy atom. The van der Waals surface area contributed by atoms with Crippen molar-refractivity contribution in [3.05, 3.63) is 18.0 Å². The Balaban J connectivity index is 2.90. The summed E-state index contributed by atoms with van der Waals surface area (Å²) in [5.41, 5.74) is 0. The van der Waals surface area contributed by atoms with Crippen LogP contribution in [0.2, 0.25) is 0 Å². The molecule has 1 aromatic heterocycles. The van der Waals surface area contributed by atoms with Crippen LogP contribution in [-0.2, 0) is 0 Å². The maximum Gasteiger partial charge on any atom is 0.575 e. The molecule has 0 N–H and O–H groups in total. The van der Waals surface area contributed by atoms with Gasteiger partial charge in [0.2, 0.25) is 11.9 Å². The molecule has 3 nitrogen and oxygen atoms in total. The molecule has 0 aliphatic heterocycles. The maximum atomic E-state index is 12.2. The molecular formula is C5HF5N2O. The highest BCUT2D eigenvalue weighted by atomic mass is 19.4. The first kappa shape index (κ1) is 9.62. The number of hydrogen-bond donors (Lipinski definition) is 0. The van der Waals surface area contributed by atoms with E-state index in [9.17, 15) is 22.0 Å². The third-order valence-electron chi connectivity index (χ3n) is 0.850. The van der Waals surface area contributed by atoms with Crippen molar-refractivity contribution in [3.8, 4) is 6.01 Å². The molecular weight excluding hydrogens is 199 g/mol. The average Bonchev–Trinajstić information content (AvgIpc) is 1.78. The summed E-state index contributed by atoms with van der Waals surface area (Å²) in [7, 11) is 0. The standard InChI is InChI=1S/C5HF5N2O/c6-2-1-3(7)12-4(11-2)13-5(8,9)10/h1H. The van der Waals surface area contributed by atoms with Crippen molar-refractivity contribution in [2.45, 2.75) is 6.36 Å². The minimum Gasteiger partial charge on any atom is -0.370 e. The summed E-state index contributed by atoms with van der Waals surface area (Å²) in [4.78, 5) is 5.12. The predicted molar refractivity (Wildman–Crippen MR) is 28.6 cm³/mol. The summed E-state index contributed by atoms with van der Waals surface area (Å²) >= 11 is 0.